The van der Waals surface area contributed by atoms with E-state index in [4.69, 9.17) is 9.40 Å². The molecule has 0 amide bonds. The van der Waals surface area contributed by atoms with Crippen molar-refractivity contribution in [2.75, 3.05) is 0 Å². The normalized spacial score (nSPS) is 12.6. The molecule has 1 N–H and O–H groups in total. The Labute approximate surface area is 346 Å². The molecule has 5 nitrogen and oxygen atoms in total. The van der Waals surface area contributed by atoms with Crippen LogP contribution < -0.4 is 0 Å². The molecule has 4 aromatic heterocycles. The standard InChI is InChI=1S/C33H31N2OS.C15H28O2.Ir/c1-19(2)12-25-14-22-10-9-21(16-29(22)37-25)26-17-28(35-32-30(26)20(3)18-36-32)24-13-23-8-7-11-34-31(23)27(15-24)33(4,5)6;1-7-14(5,8-2)12(16)11-13(17)15(6,9-3)10-4;/h7-11,14-19H,12H2,1-6H3;11,16H,7-10H2,1-6H3;/q-1;;/b;12-11-;. The number of carbonyl (C=O) groups excluding carboxylic acids is 1. The van der Waals surface area contributed by atoms with Gasteiger partial charge in [-0.25, -0.2) is 0 Å². The molecule has 1 radical (unpaired) electrons. The number of aliphatic hydroxyl groups excluding tert-OH is 1. The van der Waals surface area contributed by atoms with Gasteiger partial charge in [0.1, 0.15) is 5.76 Å². The largest absolute Gasteiger partial charge is 0.512 e. The maximum atomic E-state index is 12.2. The first kappa shape index (κ1) is 44.1. The van der Waals surface area contributed by atoms with Crippen molar-refractivity contribution in [1.82, 2.24) is 9.97 Å². The molecular weight excluding hydrogens is 877 g/mol. The van der Waals surface area contributed by atoms with Gasteiger partial charge in [0.15, 0.2) is 5.78 Å². The van der Waals surface area contributed by atoms with Gasteiger partial charge in [0.25, 0.3) is 0 Å². The molecule has 295 valence electrons. The van der Waals surface area contributed by atoms with E-state index in [1.165, 1.54) is 32.2 Å². The van der Waals surface area contributed by atoms with Gasteiger partial charge in [-0.15, -0.1) is 29.5 Å². The number of rotatable bonds is 11. The summed E-state index contributed by atoms with van der Waals surface area (Å²) < 4.78 is 7.28. The van der Waals surface area contributed by atoms with Crippen LogP contribution in [0.4, 0.5) is 0 Å². The van der Waals surface area contributed by atoms with E-state index in [0.29, 0.717) is 11.6 Å². The van der Waals surface area contributed by atoms with Gasteiger partial charge < -0.3 is 9.52 Å². The van der Waals surface area contributed by atoms with Crippen molar-refractivity contribution in [3.05, 3.63) is 94.9 Å². The number of thiophene rings is 1. The van der Waals surface area contributed by atoms with Gasteiger partial charge in [-0.05, 0) is 84.6 Å². The Morgan fingerprint density at radius 3 is 2.24 bits per heavy atom. The van der Waals surface area contributed by atoms with Crippen molar-refractivity contribution in [3.63, 3.8) is 0 Å². The summed E-state index contributed by atoms with van der Waals surface area (Å²) in [5.74, 6) is 0.934. The fourth-order valence-corrected chi connectivity index (χ4v) is 8.14. The van der Waals surface area contributed by atoms with E-state index in [-0.39, 0.29) is 47.9 Å². The summed E-state index contributed by atoms with van der Waals surface area (Å²) in [5.41, 5.74) is 7.41. The maximum absolute atomic E-state index is 12.2. The van der Waals surface area contributed by atoms with E-state index in [1.54, 1.807) is 0 Å². The molecule has 55 heavy (non-hydrogen) atoms. The van der Waals surface area contributed by atoms with E-state index in [2.05, 4.69) is 95.1 Å². The Morgan fingerprint density at radius 2 is 1.62 bits per heavy atom. The summed E-state index contributed by atoms with van der Waals surface area (Å²) in [4.78, 5) is 23.3. The second kappa shape index (κ2) is 17.7. The fourth-order valence-electron chi connectivity index (χ4n) is 6.82. The molecule has 0 aliphatic carbocycles. The summed E-state index contributed by atoms with van der Waals surface area (Å²) in [5, 5.41) is 13.5. The maximum Gasteiger partial charge on any atom is 0.219 e. The summed E-state index contributed by atoms with van der Waals surface area (Å²) >= 11 is 1.90. The Hall–Kier alpha value is -3.64. The van der Waals surface area contributed by atoms with Crippen LogP contribution in [0.2, 0.25) is 0 Å². The number of carbonyl (C=O) groups is 1. The van der Waals surface area contributed by atoms with Crippen molar-refractivity contribution in [2.45, 2.75) is 121 Å². The predicted molar refractivity (Wildman–Crippen MR) is 229 cm³/mol. The second-order valence-corrected chi connectivity index (χ2v) is 18.1. The minimum absolute atomic E-state index is 0. The topological polar surface area (TPSA) is 76.2 Å². The number of allylic oxidation sites excluding steroid dienone is 2. The van der Waals surface area contributed by atoms with Crippen LogP contribution in [0.1, 0.15) is 118 Å². The van der Waals surface area contributed by atoms with Gasteiger partial charge >= 0.3 is 0 Å². The second-order valence-electron chi connectivity index (χ2n) is 16.9. The van der Waals surface area contributed by atoms with Gasteiger partial charge in [-0.2, -0.15) is 0 Å². The van der Waals surface area contributed by atoms with Gasteiger partial charge in [-0.3, -0.25) is 14.8 Å². The van der Waals surface area contributed by atoms with E-state index in [0.717, 1.165) is 70.8 Å². The molecule has 0 bridgehead atoms. The average molecular weight is 936 g/mol. The van der Waals surface area contributed by atoms with Crippen molar-refractivity contribution >= 4 is 49.2 Å². The molecule has 0 unspecified atom stereocenters. The van der Waals surface area contributed by atoms with Crippen molar-refractivity contribution in [3.8, 4) is 22.4 Å². The van der Waals surface area contributed by atoms with Crippen LogP contribution >= 0.6 is 11.3 Å². The van der Waals surface area contributed by atoms with Crippen LogP contribution in [0.3, 0.4) is 0 Å². The number of fused-ring (bicyclic) bond motifs is 3. The number of ketones is 1. The average Bonchev–Trinajstić information content (AvgIpc) is 3.74. The third-order valence-corrected chi connectivity index (χ3v) is 12.6. The molecule has 0 aliphatic heterocycles. The van der Waals surface area contributed by atoms with Gasteiger partial charge in [0.05, 0.1) is 6.26 Å². The zero-order chi connectivity index (χ0) is 39.6. The Balaban J connectivity index is 0.000000320. The molecule has 6 aromatic rings. The fraction of sp³-hybridized carbons (Fsp3) is 0.438. The smallest absolute Gasteiger partial charge is 0.219 e. The molecule has 0 fully saturated rings. The van der Waals surface area contributed by atoms with E-state index >= 15 is 0 Å². The molecule has 0 aliphatic rings. The number of furan rings is 1. The molecule has 4 heterocycles. The van der Waals surface area contributed by atoms with Gasteiger partial charge in [-0.1, -0.05) is 117 Å². The minimum Gasteiger partial charge on any atom is -0.512 e. The number of aliphatic hydroxyl groups is 1. The van der Waals surface area contributed by atoms with E-state index in [9.17, 15) is 9.90 Å². The molecule has 2 aromatic carbocycles. The zero-order valence-electron chi connectivity index (χ0n) is 34.9. The Kier molecular flexibility index (Phi) is 14.2. The SMILES string of the molecule is CCC(C)(CC)C(=O)/C=C(\O)C(C)(CC)CC.Cc1coc2nc(-c3[c-]c4cccnc4c(C(C)(C)C)c3)cc(-c3ccc4cc(CC(C)C)sc4c3)c12.[Ir]. The molecule has 0 saturated carbocycles. The number of aromatic nitrogens is 2. The summed E-state index contributed by atoms with van der Waals surface area (Å²) in [7, 11) is 0. The molecule has 0 spiro atoms. The van der Waals surface area contributed by atoms with Crippen LogP contribution in [0.15, 0.2) is 77.2 Å². The quantitative estimate of drug-likeness (QED) is 0.0796. The van der Waals surface area contributed by atoms with E-state index in [1.807, 2.05) is 71.4 Å². The van der Waals surface area contributed by atoms with Crippen LogP contribution in [0, 0.1) is 29.7 Å². The molecule has 0 atom stereocenters. The van der Waals surface area contributed by atoms with Crippen LogP contribution in [-0.4, -0.2) is 20.9 Å². The number of aryl methyl sites for hydroxylation is 1. The summed E-state index contributed by atoms with van der Waals surface area (Å²) in [6.45, 7) is 25.4. The summed E-state index contributed by atoms with van der Waals surface area (Å²) in [6.07, 6.45) is 9.53. The van der Waals surface area contributed by atoms with Gasteiger partial charge in [0, 0.05) is 69.4 Å². The monoisotopic (exact) mass is 936 g/mol. The molecule has 0 saturated heterocycles. The number of benzene rings is 2. The first-order valence-corrected chi connectivity index (χ1v) is 20.5. The van der Waals surface area contributed by atoms with Crippen LogP contribution in [0.25, 0.3) is 54.5 Å². The van der Waals surface area contributed by atoms with Crippen molar-refractivity contribution in [1.29, 1.82) is 0 Å². The van der Waals surface area contributed by atoms with Crippen molar-refractivity contribution in [2.24, 2.45) is 16.7 Å². The summed E-state index contributed by atoms with van der Waals surface area (Å²) in [6, 6.07) is 21.2. The number of pyridine rings is 2. The van der Waals surface area contributed by atoms with Crippen molar-refractivity contribution < 1.29 is 34.4 Å². The molecule has 7 heteroatoms. The van der Waals surface area contributed by atoms with Gasteiger partial charge in [0.2, 0.25) is 5.71 Å². The van der Waals surface area contributed by atoms with Crippen LogP contribution in [0.5, 0.6) is 0 Å². The Bertz CT molecular complexity index is 2300. The first-order chi connectivity index (χ1) is 25.5. The Morgan fingerprint density at radius 1 is 0.945 bits per heavy atom. The number of hydrogen-bond donors (Lipinski definition) is 1. The minimum atomic E-state index is -0.337. The number of hydrogen-bond acceptors (Lipinski definition) is 6. The van der Waals surface area contributed by atoms with Crippen LogP contribution in [-0.2, 0) is 36.7 Å². The predicted octanol–water partition coefficient (Wildman–Crippen LogP) is 14.2. The first-order valence-electron chi connectivity index (χ1n) is 19.7. The molecular formula is C48H59IrN2O3S-. The molecule has 6 rings (SSSR count). The zero-order valence-corrected chi connectivity index (χ0v) is 38.1. The van der Waals surface area contributed by atoms with E-state index < -0.39 is 0 Å². The number of nitrogens with zero attached hydrogens (tertiary/aromatic N) is 2. The third kappa shape index (κ3) is 9.50. The third-order valence-electron chi connectivity index (χ3n) is 11.5.